The Balaban J connectivity index is 1.35. The molecule has 36 heavy (non-hydrogen) atoms. The van der Waals surface area contributed by atoms with Crippen molar-refractivity contribution in [1.82, 2.24) is 0 Å². The number of rotatable bonds is 11. The van der Waals surface area contributed by atoms with Gasteiger partial charge in [-0.25, -0.2) is 0 Å². The van der Waals surface area contributed by atoms with Crippen LogP contribution in [-0.4, -0.2) is 49.5 Å². The molecule has 0 bridgehead atoms. The minimum atomic E-state index is -0.468. The maximum Gasteiger partial charge on any atom is 0.164 e. The van der Waals surface area contributed by atoms with Gasteiger partial charge in [-0.15, -0.1) is 0 Å². The van der Waals surface area contributed by atoms with Gasteiger partial charge in [-0.2, -0.15) is 0 Å². The Morgan fingerprint density at radius 3 is 1.78 bits per heavy atom. The first-order valence-electron chi connectivity index (χ1n) is 12.6. The number of hydrogen-bond donors (Lipinski definition) is 1. The van der Waals surface area contributed by atoms with E-state index in [9.17, 15) is 5.11 Å². The molecule has 0 spiro atoms. The molecule has 2 heterocycles. The summed E-state index contributed by atoms with van der Waals surface area (Å²) in [5.74, 6) is -0.213. The van der Waals surface area contributed by atoms with Crippen LogP contribution in [-0.2, 0) is 43.5 Å². The molecule has 5 rings (SSSR count). The molecule has 1 N–H and O–H groups in total. The van der Waals surface area contributed by atoms with Crippen molar-refractivity contribution in [3.8, 4) is 0 Å². The highest BCUT2D eigenvalue weighted by Crippen LogP contribution is 2.41. The van der Waals surface area contributed by atoms with Gasteiger partial charge in [0.05, 0.1) is 39.1 Å². The summed E-state index contributed by atoms with van der Waals surface area (Å²) in [6.07, 6.45) is -1.55. The van der Waals surface area contributed by atoms with Crippen molar-refractivity contribution in [3.63, 3.8) is 0 Å². The molecule has 0 amide bonds. The Morgan fingerprint density at radius 1 is 0.694 bits per heavy atom. The molecule has 2 fully saturated rings. The number of aliphatic hydroxyl groups is 1. The van der Waals surface area contributed by atoms with Crippen molar-refractivity contribution < 1.29 is 28.8 Å². The summed E-state index contributed by atoms with van der Waals surface area (Å²) >= 11 is 0. The predicted octanol–water partition coefficient (Wildman–Crippen LogP) is 4.35. The van der Waals surface area contributed by atoms with Gasteiger partial charge in [0.15, 0.2) is 6.29 Å². The Kier molecular flexibility index (Phi) is 8.77. The monoisotopic (exact) mass is 490 g/mol. The van der Waals surface area contributed by atoms with Gasteiger partial charge in [-0.05, 0) is 16.7 Å². The summed E-state index contributed by atoms with van der Waals surface area (Å²) in [6, 6.07) is 30.3. The number of hydrogen-bond acceptors (Lipinski definition) is 6. The molecule has 3 aromatic carbocycles. The largest absolute Gasteiger partial charge is 0.396 e. The third-order valence-electron chi connectivity index (χ3n) is 6.91. The molecule has 0 saturated carbocycles. The molecule has 6 heteroatoms. The molecule has 6 nitrogen and oxygen atoms in total. The molecule has 0 radical (unpaired) electrons. The highest BCUT2D eigenvalue weighted by atomic mass is 16.7. The summed E-state index contributed by atoms with van der Waals surface area (Å²) in [4.78, 5) is 0. The summed E-state index contributed by atoms with van der Waals surface area (Å²) in [6.45, 7) is 2.13. The van der Waals surface area contributed by atoms with E-state index in [4.69, 9.17) is 23.7 Å². The Hall–Kier alpha value is -2.58. The molecular weight excluding hydrogens is 456 g/mol. The van der Waals surface area contributed by atoms with E-state index >= 15 is 0 Å². The van der Waals surface area contributed by atoms with Gasteiger partial charge in [0.1, 0.15) is 12.2 Å². The zero-order chi connectivity index (χ0) is 24.6. The van der Waals surface area contributed by atoms with Crippen molar-refractivity contribution in [2.75, 3.05) is 19.8 Å². The molecule has 6 atom stereocenters. The molecule has 0 unspecified atom stereocenters. The summed E-state index contributed by atoms with van der Waals surface area (Å²) in [5, 5.41) is 10.1. The molecule has 0 aliphatic carbocycles. The van der Waals surface area contributed by atoms with Crippen LogP contribution in [0.2, 0.25) is 0 Å². The Labute approximate surface area is 212 Å². The van der Waals surface area contributed by atoms with E-state index in [1.54, 1.807) is 0 Å². The minimum Gasteiger partial charge on any atom is -0.396 e. The fourth-order valence-electron chi connectivity index (χ4n) is 5.01. The van der Waals surface area contributed by atoms with Crippen LogP contribution in [0.5, 0.6) is 0 Å². The summed E-state index contributed by atoms with van der Waals surface area (Å²) in [5.41, 5.74) is 3.26. The van der Waals surface area contributed by atoms with Crippen LogP contribution in [0, 0.1) is 11.8 Å². The average Bonchev–Trinajstić information content (AvgIpc) is 3.35. The molecule has 3 aromatic rings. The van der Waals surface area contributed by atoms with E-state index in [1.165, 1.54) is 0 Å². The minimum absolute atomic E-state index is 0.0102. The van der Waals surface area contributed by atoms with Crippen molar-refractivity contribution in [1.29, 1.82) is 0 Å². The van der Waals surface area contributed by atoms with E-state index in [2.05, 4.69) is 0 Å². The number of benzene rings is 3. The fraction of sp³-hybridized carbons (Fsp3) is 0.400. The van der Waals surface area contributed by atoms with E-state index in [0.29, 0.717) is 33.0 Å². The Morgan fingerprint density at radius 2 is 1.22 bits per heavy atom. The van der Waals surface area contributed by atoms with Crippen LogP contribution < -0.4 is 0 Å². The maximum atomic E-state index is 10.1. The second-order valence-corrected chi connectivity index (χ2v) is 9.42. The lowest BCUT2D eigenvalue weighted by molar-refractivity contribution is -0.285. The first kappa shape index (κ1) is 25.1. The molecule has 2 saturated heterocycles. The topological polar surface area (TPSA) is 66.4 Å². The number of fused-ring (bicyclic) bond motifs is 1. The third kappa shape index (κ3) is 6.21. The van der Waals surface area contributed by atoms with Crippen LogP contribution in [0.1, 0.15) is 16.7 Å². The molecule has 0 aromatic heterocycles. The smallest absolute Gasteiger partial charge is 0.164 e. The van der Waals surface area contributed by atoms with Gasteiger partial charge in [-0.1, -0.05) is 91.0 Å². The second-order valence-electron chi connectivity index (χ2n) is 9.42. The molecule has 2 aliphatic rings. The third-order valence-corrected chi connectivity index (χ3v) is 6.91. The zero-order valence-corrected chi connectivity index (χ0v) is 20.4. The summed E-state index contributed by atoms with van der Waals surface area (Å²) in [7, 11) is 0. The number of ether oxygens (including phenoxy) is 5. The van der Waals surface area contributed by atoms with Gasteiger partial charge >= 0.3 is 0 Å². The van der Waals surface area contributed by atoms with Crippen molar-refractivity contribution in [2.24, 2.45) is 11.8 Å². The van der Waals surface area contributed by atoms with Crippen LogP contribution in [0.4, 0.5) is 0 Å². The van der Waals surface area contributed by atoms with Crippen LogP contribution in [0.15, 0.2) is 91.0 Å². The fourth-order valence-corrected chi connectivity index (χ4v) is 5.01. The predicted molar refractivity (Wildman–Crippen MR) is 135 cm³/mol. The average molecular weight is 491 g/mol. The van der Waals surface area contributed by atoms with Crippen LogP contribution in [0.25, 0.3) is 0 Å². The van der Waals surface area contributed by atoms with Crippen LogP contribution in [0.3, 0.4) is 0 Å². The highest BCUT2D eigenvalue weighted by Gasteiger charge is 2.53. The SMILES string of the molecule is OC[C@@H]1CO[C@H]2O[C@H](COCc3ccccc3)[C@@H](OCc3ccccc3)[C@H](OCc3ccccc3)[C@@H]12. The Bertz CT molecular complexity index is 1030. The lowest BCUT2D eigenvalue weighted by Crippen LogP contribution is -2.58. The van der Waals surface area contributed by atoms with Gasteiger partial charge in [0, 0.05) is 18.4 Å². The van der Waals surface area contributed by atoms with Crippen LogP contribution >= 0.6 is 0 Å². The zero-order valence-electron chi connectivity index (χ0n) is 20.4. The van der Waals surface area contributed by atoms with Crippen molar-refractivity contribution in [2.45, 2.75) is 44.4 Å². The lowest BCUT2D eigenvalue weighted by atomic mass is 9.83. The molecule has 2 aliphatic heterocycles. The van der Waals surface area contributed by atoms with Gasteiger partial charge < -0.3 is 28.8 Å². The van der Waals surface area contributed by atoms with E-state index in [1.807, 2.05) is 91.0 Å². The maximum absolute atomic E-state index is 10.1. The van der Waals surface area contributed by atoms with Crippen molar-refractivity contribution >= 4 is 0 Å². The number of aliphatic hydroxyl groups excluding tert-OH is 1. The lowest BCUT2D eigenvalue weighted by Gasteiger charge is -2.44. The van der Waals surface area contributed by atoms with E-state index in [-0.39, 0.29) is 36.8 Å². The van der Waals surface area contributed by atoms with Crippen molar-refractivity contribution in [3.05, 3.63) is 108 Å². The first-order chi connectivity index (χ1) is 17.8. The van der Waals surface area contributed by atoms with Gasteiger partial charge in [0.25, 0.3) is 0 Å². The summed E-state index contributed by atoms with van der Waals surface area (Å²) < 4.78 is 31.5. The quantitative estimate of drug-likeness (QED) is 0.431. The molecular formula is C30H34O6. The van der Waals surface area contributed by atoms with E-state index < -0.39 is 6.29 Å². The van der Waals surface area contributed by atoms with E-state index in [0.717, 1.165) is 16.7 Å². The second kappa shape index (κ2) is 12.6. The van der Waals surface area contributed by atoms with Gasteiger partial charge in [0.2, 0.25) is 0 Å². The highest BCUT2D eigenvalue weighted by molar-refractivity contribution is 5.15. The standard InChI is InChI=1S/C30H34O6/c31-16-25-20-35-30-27(25)29(34-19-24-14-8-3-9-15-24)28(33-18-23-12-6-2-7-13-23)26(36-30)21-32-17-22-10-4-1-5-11-22/h1-15,25-31H,16-21H2/t25-,26-,27-,28-,29-,30+/m1/s1. The molecule has 190 valence electrons. The first-order valence-corrected chi connectivity index (χ1v) is 12.6. The normalized spacial score (nSPS) is 27.6. The van der Waals surface area contributed by atoms with Gasteiger partial charge in [-0.3, -0.25) is 0 Å².